The van der Waals surface area contributed by atoms with Gasteiger partial charge in [0.2, 0.25) is 5.91 Å². The van der Waals surface area contributed by atoms with Gasteiger partial charge in [-0.3, -0.25) is 4.79 Å². The minimum atomic E-state index is -0.451. The van der Waals surface area contributed by atoms with Crippen molar-refractivity contribution in [2.45, 2.75) is 0 Å². The Labute approximate surface area is 158 Å². The smallest absolute Gasteiger partial charge is 0.339 e. The number of hydrogen-bond acceptors (Lipinski definition) is 4. The van der Waals surface area contributed by atoms with Gasteiger partial charge in [-0.05, 0) is 23.8 Å². The number of carbonyl (C=O) groups is 2. The highest BCUT2D eigenvalue weighted by molar-refractivity contribution is 5.99. The quantitative estimate of drug-likeness (QED) is 0.647. The van der Waals surface area contributed by atoms with Crippen molar-refractivity contribution in [2.24, 2.45) is 0 Å². The van der Waals surface area contributed by atoms with Crippen LogP contribution in [0.3, 0.4) is 0 Å². The molecule has 0 radical (unpaired) electrons. The summed E-state index contributed by atoms with van der Waals surface area (Å²) in [6.07, 6.45) is 0. The number of anilines is 2. The molecule has 0 saturated heterocycles. The summed E-state index contributed by atoms with van der Waals surface area (Å²) in [6, 6.07) is 24.4. The van der Waals surface area contributed by atoms with Gasteiger partial charge in [-0.15, -0.1) is 0 Å². The summed E-state index contributed by atoms with van der Waals surface area (Å²) in [4.78, 5) is 24.2. The lowest BCUT2D eigenvalue weighted by Crippen LogP contribution is -2.23. The zero-order valence-corrected chi connectivity index (χ0v) is 14.9. The molecule has 136 valence electrons. The molecule has 0 aromatic heterocycles. The molecular weight excluding hydrogens is 340 g/mol. The lowest BCUT2D eigenvalue weighted by atomic mass is 10.0. The highest BCUT2D eigenvalue weighted by Crippen LogP contribution is 2.27. The molecule has 5 nitrogen and oxygen atoms in total. The minimum absolute atomic E-state index is 0.0249. The second-order valence-electron chi connectivity index (χ2n) is 5.85. The van der Waals surface area contributed by atoms with E-state index in [4.69, 9.17) is 4.74 Å². The first-order valence-electron chi connectivity index (χ1n) is 8.54. The molecule has 2 N–H and O–H groups in total. The Kier molecular flexibility index (Phi) is 5.84. The Hall–Kier alpha value is -3.60. The summed E-state index contributed by atoms with van der Waals surface area (Å²) >= 11 is 0. The predicted molar refractivity (Wildman–Crippen MR) is 107 cm³/mol. The number of esters is 1. The molecule has 0 unspecified atom stereocenters. The van der Waals surface area contributed by atoms with Gasteiger partial charge in [0.15, 0.2) is 0 Å². The standard InChI is InChI=1S/C22H20N2O3/c1-27-22(26)18-12-6-7-13-19(18)23-15-21(25)24-20-14-8-5-11-17(20)16-9-3-2-4-10-16/h2-14,23H,15H2,1H3,(H,24,25). The monoisotopic (exact) mass is 360 g/mol. The van der Waals surface area contributed by atoms with Gasteiger partial charge in [-0.25, -0.2) is 4.79 Å². The third kappa shape index (κ3) is 4.52. The van der Waals surface area contributed by atoms with Crippen LogP contribution in [0.4, 0.5) is 11.4 Å². The van der Waals surface area contributed by atoms with Gasteiger partial charge in [0, 0.05) is 16.9 Å². The number of amides is 1. The third-order valence-corrected chi connectivity index (χ3v) is 4.06. The van der Waals surface area contributed by atoms with Crippen LogP contribution < -0.4 is 10.6 Å². The molecule has 3 rings (SSSR count). The Morgan fingerprint density at radius 2 is 1.44 bits per heavy atom. The molecule has 3 aromatic carbocycles. The molecule has 0 bridgehead atoms. The first-order valence-corrected chi connectivity index (χ1v) is 8.54. The fourth-order valence-corrected chi connectivity index (χ4v) is 2.76. The molecule has 0 fully saturated rings. The van der Waals surface area contributed by atoms with Crippen molar-refractivity contribution in [3.05, 3.63) is 84.4 Å². The highest BCUT2D eigenvalue weighted by Gasteiger charge is 2.12. The summed E-state index contributed by atoms with van der Waals surface area (Å²) in [5.74, 6) is -0.661. The van der Waals surface area contributed by atoms with Crippen molar-refractivity contribution in [1.82, 2.24) is 0 Å². The number of ether oxygens (including phenoxy) is 1. The van der Waals surface area contributed by atoms with Crippen LogP contribution in [-0.2, 0) is 9.53 Å². The Bertz CT molecular complexity index is 939. The van der Waals surface area contributed by atoms with E-state index < -0.39 is 5.97 Å². The highest BCUT2D eigenvalue weighted by atomic mass is 16.5. The second kappa shape index (κ2) is 8.67. The first kappa shape index (κ1) is 18.2. The lowest BCUT2D eigenvalue weighted by molar-refractivity contribution is -0.114. The minimum Gasteiger partial charge on any atom is -0.465 e. The average Bonchev–Trinajstić information content (AvgIpc) is 2.73. The number of methoxy groups -OCH3 is 1. The first-order chi connectivity index (χ1) is 13.2. The van der Waals surface area contributed by atoms with E-state index in [-0.39, 0.29) is 12.5 Å². The zero-order chi connectivity index (χ0) is 19.1. The van der Waals surface area contributed by atoms with E-state index in [9.17, 15) is 9.59 Å². The average molecular weight is 360 g/mol. The molecular formula is C22H20N2O3. The van der Waals surface area contributed by atoms with E-state index in [2.05, 4.69) is 10.6 Å². The van der Waals surface area contributed by atoms with E-state index in [1.54, 1.807) is 24.3 Å². The van der Waals surface area contributed by atoms with E-state index >= 15 is 0 Å². The molecule has 5 heteroatoms. The van der Waals surface area contributed by atoms with Crippen LogP contribution in [0.5, 0.6) is 0 Å². The van der Waals surface area contributed by atoms with Crippen LogP contribution in [0.2, 0.25) is 0 Å². The largest absolute Gasteiger partial charge is 0.465 e. The molecule has 0 atom stereocenters. The summed E-state index contributed by atoms with van der Waals surface area (Å²) in [5.41, 5.74) is 3.64. The van der Waals surface area contributed by atoms with E-state index in [1.807, 2.05) is 54.6 Å². The molecule has 0 aliphatic carbocycles. The predicted octanol–water partition coefficient (Wildman–Crippen LogP) is 4.19. The van der Waals surface area contributed by atoms with Crippen molar-refractivity contribution in [1.29, 1.82) is 0 Å². The maximum absolute atomic E-state index is 12.4. The van der Waals surface area contributed by atoms with Gasteiger partial charge in [0.05, 0.1) is 19.2 Å². The number of nitrogens with one attached hydrogen (secondary N) is 2. The molecule has 27 heavy (non-hydrogen) atoms. The number of para-hydroxylation sites is 2. The van der Waals surface area contributed by atoms with Crippen LogP contribution in [0.1, 0.15) is 10.4 Å². The normalized spacial score (nSPS) is 10.1. The lowest BCUT2D eigenvalue weighted by Gasteiger charge is -2.13. The molecule has 1 amide bonds. The van der Waals surface area contributed by atoms with Crippen molar-refractivity contribution in [3.8, 4) is 11.1 Å². The van der Waals surface area contributed by atoms with Crippen molar-refractivity contribution in [2.75, 3.05) is 24.3 Å². The fourth-order valence-electron chi connectivity index (χ4n) is 2.76. The Balaban J connectivity index is 1.71. The van der Waals surface area contributed by atoms with Gasteiger partial charge in [-0.1, -0.05) is 60.7 Å². The van der Waals surface area contributed by atoms with Gasteiger partial charge >= 0.3 is 5.97 Å². The molecule has 0 saturated carbocycles. The summed E-state index contributed by atoms with van der Waals surface area (Å²) in [7, 11) is 1.33. The van der Waals surface area contributed by atoms with Crippen molar-refractivity contribution in [3.63, 3.8) is 0 Å². The molecule has 0 aliphatic rings. The second-order valence-corrected chi connectivity index (χ2v) is 5.85. The Morgan fingerprint density at radius 1 is 0.815 bits per heavy atom. The van der Waals surface area contributed by atoms with Crippen LogP contribution in [-0.4, -0.2) is 25.5 Å². The van der Waals surface area contributed by atoms with E-state index in [0.717, 1.165) is 16.8 Å². The Morgan fingerprint density at radius 3 is 2.19 bits per heavy atom. The summed E-state index contributed by atoms with van der Waals surface area (Å²) in [6.45, 7) is 0.0249. The maximum atomic E-state index is 12.4. The van der Waals surface area contributed by atoms with Crippen LogP contribution in [0.15, 0.2) is 78.9 Å². The van der Waals surface area contributed by atoms with Crippen molar-refractivity contribution >= 4 is 23.3 Å². The van der Waals surface area contributed by atoms with Crippen LogP contribution in [0, 0.1) is 0 Å². The number of benzene rings is 3. The van der Waals surface area contributed by atoms with Gasteiger partial charge in [0.1, 0.15) is 0 Å². The van der Waals surface area contributed by atoms with Gasteiger partial charge in [-0.2, -0.15) is 0 Å². The maximum Gasteiger partial charge on any atom is 0.339 e. The third-order valence-electron chi connectivity index (χ3n) is 4.06. The molecule has 3 aromatic rings. The SMILES string of the molecule is COC(=O)c1ccccc1NCC(=O)Nc1ccccc1-c1ccccc1. The zero-order valence-electron chi connectivity index (χ0n) is 14.9. The van der Waals surface area contributed by atoms with E-state index in [0.29, 0.717) is 11.3 Å². The fraction of sp³-hybridized carbons (Fsp3) is 0.0909. The van der Waals surface area contributed by atoms with Crippen LogP contribution in [0.25, 0.3) is 11.1 Å². The number of rotatable bonds is 6. The topological polar surface area (TPSA) is 67.4 Å². The molecule has 0 heterocycles. The van der Waals surface area contributed by atoms with Crippen molar-refractivity contribution < 1.29 is 14.3 Å². The van der Waals surface area contributed by atoms with E-state index in [1.165, 1.54) is 7.11 Å². The summed E-state index contributed by atoms with van der Waals surface area (Å²) < 4.78 is 4.76. The molecule has 0 spiro atoms. The van der Waals surface area contributed by atoms with Gasteiger partial charge in [0.25, 0.3) is 0 Å². The van der Waals surface area contributed by atoms with Gasteiger partial charge < -0.3 is 15.4 Å². The number of hydrogen-bond donors (Lipinski definition) is 2. The van der Waals surface area contributed by atoms with Crippen LogP contribution >= 0.6 is 0 Å². The summed E-state index contributed by atoms with van der Waals surface area (Å²) in [5, 5.41) is 5.92. The number of carbonyl (C=O) groups excluding carboxylic acids is 2. The molecule has 0 aliphatic heterocycles.